The number of nitrogens with zero attached hydrogens (tertiary/aromatic N) is 2. The molecule has 7 nitrogen and oxygen atoms in total. The third-order valence-corrected chi connectivity index (χ3v) is 4.77. The highest BCUT2D eigenvalue weighted by atomic mass is 16.5. The maximum atomic E-state index is 12.7. The van der Waals surface area contributed by atoms with E-state index in [1.54, 1.807) is 35.2 Å². The molecule has 1 amide bonds. The number of likely N-dealkylation sites (tertiary alicyclic amines) is 1. The van der Waals surface area contributed by atoms with Gasteiger partial charge in [0.25, 0.3) is 5.91 Å². The molecule has 0 saturated carbocycles. The Morgan fingerprint density at radius 3 is 2.78 bits per heavy atom. The summed E-state index contributed by atoms with van der Waals surface area (Å²) in [6, 6.07) is 8.47. The molecule has 0 unspecified atom stereocenters. The second-order valence-corrected chi connectivity index (χ2v) is 6.71. The first-order valence-corrected chi connectivity index (χ1v) is 9.19. The van der Waals surface area contributed by atoms with Crippen molar-refractivity contribution in [1.82, 2.24) is 10.1 Å². The van der Waals surface area contributed by atoms with Crippen LogP contribution in [0.15, 0.2) is 34.9 Å². The number of hydrogen-bond donors (Lipinski definition) is 1. The van der Waals surface area contributed by atoms with E-state index in [4.69, 9.17) is 9.26 Å². The van der Waals surface area contributed by atoms with Gasteiger partial charge in [-0.3, -0.25) is 9.59 Å². The van der Waals surface area contributed by atoms with Gasteiger partial charge in [-0.05, 0) is 56.9 Å². The lowest BCUT2D eigenvalue weighted by molar-refractivity contribution is 0.0564. The van der Waals surface area contributed by atoms with Crippen LogP contribution in [0.2, 0.25) is 0 Å². The van der Waals surface area contributed by atoms with Crippen molar-refractivity contribution in [2.75, 3.05) is 13.2 Å². The number of aromatic nitrogens is 1. The van der Waals surface area contributed by atoms with Gasteiger partial charge in [0, 0.05) is 30.8 Å². The highest BCUT2D eigenvalue weighted by Crippen LogP contribution is 2.22. The molecule has 1 aliphatic rings. The lowest BCUT2D eigenvalue weighted by Gasteiger charge is -2.34. The Labute approximate surface area is 157 Å². The van der Waals surface area contributed by atoms with E-state index in [0.29, 0.717) is 30.0 Å². The number of Topliss-reactive ketones (excluding diaryl/α,β-unsaturated/α-hetero) is 1. The maximum absolute atomic E-state index is 12.7. The number of benzene rings is 1. The molecule has 2 heterocycles. The predicted molar refractivity (Wildman–Crippen MR) is 97.7 cm³/mol. The first-order valence-electron chi connectivity index (χ1n) is 9.19. The largest absolute Gasteiger partial charge is 0.486 e. The molecule has 0 bridgehead atoms. The molecule has 1 atom stereocenters. The maximum Gasteiger partial charge on any atom is 0.276 e. The lowest BCUT2D eigenvalue weighted by Crippen LogP contribution is -2.44. The van der Waals surface area contributed by atoms with Crippen LogP contribution >= 0.6 is 0 Å². The minimum absolute atomic E-state index is 0.00264. The molecule has 0 radical (unpaired) electrons. The van der Waals surface area contributed by atoms with E-state index in [9.17, 15) is 14.7 Å². The Kier molecular flexibility index (Phi) is 6.24. The Balaban J connectivity index is 1.60. The summed E-state index contributed by atoms with van der Waals surface area (Å²) in [7, 11) is 0. The number of aliphatic hydroxyl groups is 1. The van der Waals surface area contributed by atoms with Crippen LogP contribution < -0.4 is 4.74 Å². The van der Waals surface area contributed by atoms with Gasteiger partial charge in [0.2, 0.25) is 0 Å². The Morgan fingerprint density at radius 1 is 1.30 bits per heavy atom. The van der Waals surface area contributed by atoms with Crippen LogP contribution in [0.3, 0.4) is 0 Å². The molecular weight excluding hydrogens is 348 g/mol. The number of rotatable bonds is 7. The number of hydrogen-bond acceptors (Lipinski definition) is 6. The summed E-state index contributed by atoms with van der Waals surface area (Å²) in [6.07, 6.45) is 3.50. The van der Waals surface area contributed by atoms with Crippen molar-refractivity contribution < 1.29 is 24.0 Å². The topological polar surface area (TPSA) is 92.9 Å². The minimum atomic E-state index is -0.172. The zero-order chi connectivity index (χ0) is 19.2. The number of amides is 1. The summed E-state index contributed by atoms with van der Waals surface area (Å²) < 4.78 is 10.9. The third-order valence-electron chi connectivity index (χ3n) is 4.77. The van der Waals surface area contributed by atoms with Gasteiger partial charge >= 0.3 is 0 Å². The summed E-state index contributed by atoms with van der Waals surface area (Å²) >= 11 is 0. The lowest BCUT2D eigenvalue weighted by atomic mass is 9.99. The molecule has 1 aromatic carbocycles. The van der Waals surface area contributed by atoms with Crippen molar-refractivity contribution in [1.29, 1.82) is 0 Å². The third kappa shape index (κ3) is 4.74. The van der Waals surface area contributed by atoms with Crippen LogP contribution in [0, 0.1) is 0 Å². The number of carbonyl (C=O) groups is 2. The first-order chi connectivity index (χ1) is 13.1. The molecule has 27 heavy (non-hydrogen) atoms. The second-order valence-electron chi connectivity index (χ2n) is 6.71. The SMILES string of the molecule is CC(=O)c1ccc(OCc2cc(C(=O)N3CCCC[C@H]3CCO)no2)cc1. The van der Waals surface area contributed by atoms with E-state index in [1.165, 1.54) is 6.92 Å². The van der Waals surface area contributed by atoms with E-state index in [2.05, 4.69) is 5.16 Å². The van der Waals surface area contributed by atoms with E-state index in [-0.39, 0.29) is 36.6 Å². The highest BCUT2D eigenvalue weighted by Gasteiger charge is 2.29. The van der Waals surface area contributed by atoms with Gasteiger partial charge in [0.15, 0.2) is 17.2 Å². The molecule has 1 N–H and O–H groups in total. The zero-order valence-corrected chi connectivity index (χ0v) is 15.4. The molecule has 144 valence electrons. The molecule has 1 aromatic heterocycles. The summed E-state index contributed by atoms with van der Waals surface area (Å²) in [4.78, 5) is 25.8. The Hall–Kier alpha value is -2.67. The molecule has 0 aliphatic carbocycles. The molecule has 7 heteroatoms. The minimum Gasteiger partial charge on any atom is -0.486 e. The summed E-state index contributed by atoms with van der Waals surface area (Å²) in [6.45, 7) is 2.38. The second kappa shape index (κ2) is 8.81. The molecule has 1 saturated heterocycles. The Bertz CT molecular complexity index is 782. The quantitative estimate of drug-likeness (QED) is 0.751. The number of carbonyl (C=O) groups excluding carboxylic acids is 2. The van der Waals surface area contributed by atoms with Gasteiger partial charge in [0.1, 0.15) is 12.4 Å². The van der Waals surface area contributed by atoms with Crippen molar-refractivity contribution in [3.8, 4) is 5.75 Å². The molecule has 1 aliphatic heterocycles. The number of ketones is 1. The number of aliphatic hydroxyl groups excluding tert-OH is 1. The van der Waals surface area contributed by atoms with E-state index >= 15 is 0 Å². The highest BCUT2D eigenvalue weighted by molar-refractivity contribution is 5.94. The van der Waals surface area contributed by atoms with Gasteiger partial charge in [-0.2, -0.15) is 0 Å². The smallest absolute Gasteiger partial charge is 0.276 e. The molecule has 1 fully saturated rings. The van der Waals surface area contributed by atoms with Crippen molar-refractivity contribution in [2.45, 2.75) is 45.3 Å². The first kappa shape index (κ1) is 19.1. The summed E-state index contributed by atoms with van der Waals surface area (Å²) in [5.41, 5.74) is 0.874. The van der Waals surface area contributed by atoms with Gasteiger partial charge in [0.05, 0.1) is 0 Å². The summed E-state index contributed by atoms with van der Waals surface area (Å²) in [5, 5.41) is 13.1. The molecular formula is C20H24N2O5. The normalized spacial score (nSPS) is 17.0. The standard InChI is InChI=1S/C20H24N2O5/c1-14(24)15-5-7-17(8-6-15)26-13-18-12-19(21-27-18)20(25)22-10-3-2-4-16(22)9-11-23/h5-8,12,16,23H,2-4,9-11,13H2,1H3/t16-/m0/s1. The summed E-state index contributed by atoms with van der Waals surface area (Å²) in [5.74, 6) is 0.874. The van der Waals surface area contributed by atoms with Crippen molar-refractivity contribution in [3.63, 3.8) is 0 Å². The fourth-order valence-electron chi connectivity index (χ4n) is 3.29. The average Bonchev–Trinajstić information content (AvgIpc) is 3.16. The monoisotopic (exact) mass is 372 g/mol. The predicted octanol–water partition coefficient (Wildman–Crippen LogP) is 2.83. The van der Waals surface area contributed by atoms with Gasteiger partial charge < -0.3 is 19.3 Å². The van der Waals surface area contributed by atoms with Crippen LogP contribution in [-0.2, 0) is 6.61 Å². The van der Waals surface area contributed by atoms with Crippen molar-refractivity contribution >= 4 is 11.7 Å². The van der Waals surface area contributed by atoms with Crippen LogP contribution in [-0.4, -0.2) is 46.0 Å². The fraction of sp³-hybridized carbons (Fsp3) is 0.450. The average molecular weight is 372 g/mol. The van der Waals surface area contributed by atoms with Crippen LogP contribution in [0.4, 0.5) is 0 Å². The fourth-order valence-corrected chi connectivity index (χ4v) is 3.29. The van der Waals surface area contributed by atoms with E-state index in [1.807, 2.05) is 0 Å². The van der Waals surface area contributed by atoms with Crippen molar-refractivity contribution in [3.05, 3.63) is 47.3 Å². The number of ether oxygens (including phenoxy) is 1. The number of piperidine rings is 1. The molecule has 0 spiro atoms. The van der Waals surface area contributed by atoms with Gasteiger partial charge in [-0.1, -0.05) is 5.16 Å². The van der Waals surface area contributed by atoms with E-state index < -0.39 is 0 Å². The zero-order valence-electron chi connectivity index (χ0n) is 15.4. The van der Waals surface area contributed by atoms with Crippen LogP contribution in [0.1, 0.15) is 59.2 Å². The van der Waals surface area contributed by atoms with Gasteiger partial charge in [-0.25, -0.2) is 0 Å². The van der Waals surface area contributed by atoms with Crippen LogP contribution in [0.25, 0.3) is 0 Å². The van der Waals surface area contributed by atoms with E-state index in [0.717, 1.165) is 19.3 Å². The molecule has 2 aromatic rings. The van der Waals surface area contributed by atoms with Crippen molar-refractivity contribution in [2.24, 2.45) is 0 Å². The molecule has 3 rings (SSSR count). The Morgan fingerprint density at radius 2 is 2.07 bits per heavy atom. The van der Waals surface area contributed by atoms with Crippen LogP contribution in [0.5, 0.6) is 5.75 Å². The van der Waals surface area contributed by atoms with Gasteiger partial charge in [-0.15, -0.1) is 0 Å².